The van der Waals surface area contributed by atoms with E-state index in [0.717, 1.165) is 11.1 Å². The molecule has 1 heterocycles. The highest BCUT2D eigenvalue weighted by Gasteiger charge is 2.35. The van der Waals surface area contributed by atoms with Gasteiger partial charge in [-0.05, 0) is 81.1 Å². The summed E-state index contributed by atoms with van der Waals surface area (Å²) in [5.74, 6) is 1.59. The van der Waals surface area contributed by atoms with Gasteiger partial charge in [-0.15, -0.1) is 0 Å². The quantitative estimate of drug-likeness (QED) is 0.338. The number of carbonyl (C=O) groups excluding carboxylic acids is 2. The molecule has 1 unspecified atom stereocenters. The van der Waals surface area contributed by atoms with Crippen molar-refractivity contribution in [1.29, 1.82) is 0 Å². The lowest BCUT2D eigenvalue weighted by Gasteiger charge is -2.35. The Labute approximate surface area is 228 Å². The molecule has 0 bridgehead atoms. The molecule has 0 spiro atoms. The number of alkyl carbamates (subject to hydrolysis) is 1. The van der Waals surface area contributed by atoms with E-state index >= 15 is 0 Å². The smallest absolute Gasteiger partial charge is 0.407 e. The van der Waals surface area contributed by atoms with E-state index in [4.69, 9.17) is 25.8 Å². The first-order chi connectivity index (χ1) is 18.1. The van der Waals surface area contributed by atoms with Crippen LogP contribution in [0.3, 0.4) is 0 Å². The van der Waals surface area contributed by atoms with Gasteiger partial charge in [-0.1, -0.05) is 48.9 Å². The van der Waals surface area contributed by atoms with Crippen LogP contribution in [0.25, 0.3) is 0 Å². The van der Waals surface area contributed by atoms with Crippen molar-refractivity contribution < 1.29 is 23.8 Å². The molecule has 7 nitrogen and oxygen atoms in total. The minimum Gasteiger partial charge on any atom is -0.478 e. The number of hydrogen-bond donors (Lipinski definition) is 1. The molecule has 3 aromatic carbocycles. The molecule has 1 atom stereocenters. The van der Waals surface area contributed by atoms with Gasteiger partial charge in [0, 0.05) is 11.6 Å². The molecule has 8 heteroatoms. The van der Waals surface area contributed by atoms with Gasteiger partial charge in [0.1, 0.15) is 22.8 Å². The van der Waals surface area contributed by atoms with Crippen LogP contribution in [-0.4, -0.2) is 30.3 Å². The van der Waals surface area contributed by atoms with Gasteiger partial charge in [-0.3, -0.25) is 9.69 Å². The van der Waals surface area contributed by atoms with Gasteiger partial charge >= 0.3 is 6.09 Å². The van der Waals surface area contributed by atoms with E-state index in [1.807, 2.05) is 88.4 Å². The molecule has 1 aliphatic rings. The number of para-hydroxylation sites is 1. The van der Waals surface area contributed by atoms with Crippen molar-refractivity contribution in [3.8, 4) is 17.2 Å². The lowest BCUT2D eigenvalue weighted by Crippen LogP contribution is -2.45. The molecule has 3 aromatic rings. The summed E-state index contributed by atoms with van der Waals surface area (Å²) >= 11 is 6.21. The van der Waals surface area contributed by atoms with Gasteiger partial charge in [0.05, 0.1) is 6.54 Å². The van der Waals surface area contributed by atoms with Crippen LogP contribution in [0.5, 0.6) is 17.2 Å². The zero-order valence-corrected chi connectivity index (χ0v) is 22.9. The fourth-order valence-corrected chi connectivity index (χ4v) is 4.39. The summed E-state index contributed by atoms with van der Waals surface area (Å²) in [4.78, 5) is 27.0. The minimum absolute atomic E-state index is 0.127. The van der Waals surface area contributed by atoms with Crippen LogP contribution in [0.2, 0.25) is 5.02 Å². The van der Waals surface area contributed by atoms with Crippen LogP contribution in [0, 0.1) is 0 Å². The van der Waals surface area contributed by atoms with Crippen LogP contribution >= 0.6 is 11.6 Å². The van der Waals surface area contributed by atoms with E-state index in [2.05, 4.69) is 5.32 Å². The third kappa shape index (κ3) is 6.98. The Kier molecular flexibility index (Phi) is 8.47. The summed E-state index contributed by atoms with van der Waals surface area (Å²) < 4.78 is 17.6. The van der Waals surface area contributed by atoms with Crippen LogP contribution in [-0.2, 0) is 22.5 Å². The van der Waals surface area contributed by atoms with Crippen molar-refractivity contribution in [3.05, 3.63) is 82.9 Å². The maximum Gasteiger partial charge on any atom is 0.407 e. The highest BCUT2D eigenvalue weighted by Crippen LogP contribution is 2.44. The summed E-state index contributed by atoms with van der Waals surface area (Å²) in [7, 11) is 0. The molecule has 1 N–H and O–H groups in total. The molecular formula is C30H33ClN2O5. The second kappa shape index (κ2) is 11.8. The van der Waals surface area contributed by atoms with Crippen molar-refractivity contribution in [2.75, 3.05) is 11.4 Å². The lowest BCUT2D eigenvalue weighted by atomic mass is 10.1. The Bertz CT molecular complexity index is 1300. The highest BCUT2D eigenvalue weighted by molar-refractivity contribution is 6.30. The fourth-order valence-electron chi connectivity index (χ4n) is 4.18. The fraction of sp³-hybridized carbons (Fsp3) is 0.333. The molecule has 200 valence electrons. The van der Waals surface area contributed by atoms with Crippen LogP contribution in [0.15, 0.2) is 66.7 Å². The van der Waals surface area contributed by atoms with Gasteiger partial charge in [-0.25, -0.2) is 4.79 Å². The van der Waals surface area contributed by atoms with Crippen LogP contribution < -0.4 is 19.7 Å². The summed E-state index contributed by atoms with van der Waals surface area (Å²) in [5, 5.41) is 3.38. The summed E-state index contributed by atoms with van der Waals surface area (Å²) in [6.07, 6.45) is 0.132. The van der Waals surface area contributed by atoms with E-state index in [-0.39, 0.29) is 5.91 Å². The van der Waals surface area contributed by atoms with E-state index in [1.54, 1.807) is 11.0 Å². The second-order valence-electron chi connectivity index (χ2n) is 10.1. The first kappa shape index (κ1) is 27.3. The first-order valence-corrected chi connectivity index (χ1v) is 13.1. The normalized spacial score (nSPS) is 14.9. The number of halogens is 1. The van der Waals surface area contributed by atoms with Crippen LogP contribution in [0.4, 0.5) is 10.5 Å². The minimum atomic E-state index is -0.572. The predicted molar refractivity (Wildman–Crippen MR) is 148 cm³/mol. The van der Waals surface area contributed by atoms with E-state index in [0.29, 0.717) is 53.9 Å². The molecule has 2 amide bonds. The zero-order valence-electron chi connectivity index (χ0n) is 22.1. The maximum atomic E-state index is 13.4. The molecule has 0 fully saturated rings. The molecule has 0 radical (unpaired) electrons. The van der Waals surface area contributed by atoms with Crippen LogP contribution in [0.1, 0.15) is 45.2 Å². The third-order valence-corrected chi connectivity index (χ3v) is 6.09. The zero-order chi connectivity index (χ0) is 27.3. The SMILES string of the molecule is CCC1Oc2cccc(Oc3cccc(CCNC(=O)OC(C)(C)C)c3)c2N(Cc2cccc(Cl)c2)C1=O. The van der Waals surface area contributed by atoms with Crippen molar-refractivity contribution in [2.24, 2.45) is 0 Å². The molecule has 0 saturated carbocycles. The monoisotopic (exact) mass is 536 g/mol. The number of hydrogen-bond acceptors (Lipinski definition) is 5. The van der Waals surface area contributed by atoms with E-state index in [9.17, 15) is 9.59 Å². The van der Waals surface area contributed by atoms with Gasteiger partial charge < -0.3 is 19.5 Å². The Morgan fingerprint density at radius 2 is 1.79 bits per heavy atom. The van der Waals surface area contributed by atoms with Gasteiger partial charge in [0.2, 0.25) is 0 Å². The largest absolute Gasteiger partial charge is 0.478 e. The maximum absolute atomic E-state index is 13.4. The summed E-state index contributed by atoms with van der Waals surface area (Å²) in [6, 6.07) is 20.6. The second-order valence-corrected chi connectivity index (χ2v) is 10.5. The van der Waals surface area contributed by atoms with Crippen molar-refractivity contribution in [1.82, 2.24) is 5.32 Å². The van der Waals surface area contributed by atoms with Gasteiger partial charge in [0.25, 0.3) is 5.91 Å². The number of rotatable bonds is 8. The highest BCUT2D eigenvalue weighted by atomic mass is 35.5. The average molecular weight is 537 g/mol. The number of nitrogens with zero attached hydrogens (tertiary/aromatic N) is 1. The average Bonchev–Trinajstić information content (AvgIpc) is 2.85. The molecule has 0 aromatic heterocycles. The molecule has 38 heavy (non-hydrogen) atoms. The Morgan fingerprint density at radius 3 is 2.53 bits per heavy atom. The van der Waals surface area contributed by atoms with E-state index in [1.165, 1.54) is 0 Å². The molecule has 0 saturated heterocycles. The summed E-state index contributed by atoms with van der Waals surface area (Å²) in [5.41, 5.74) is 1.93. The first-order valence-electron chi connectivity index (χ1n) is 12.7. The van der Waals surface area contributed by atoms with Crippen molar-refractivity contribution in [2.45, 2.75) is 58.8 Å². The predicted octanol–water partition coefficient (Wildman–Crippen LogP) is 6.90. The van der Waals surface area contributed by atoms with Gasteiger partial charge in [-0.2, -0.15) is 0 Å². The Morgan fingerprint density at radius 1 is 1.05 bits per heavy atom. The molecular weight excluding hydrogens is 504 g/mol. The van der Waals surface area contributed by atoms with Crippen molar-refractivity contribution in [3.63, 3.8) is 0 Å². The third-order valence-electron chi connectivity index (χ3n) is 5.85. The number of carbonyl (C=O) groups is 2. The number of fused-ring (bicyclic) bond motifs is 1. The topological polar surface area (TPSA) is 77.1 Å². The molecule has 4 rings (SSSR count). The standard InChI is InChI=1S/C30H33ClN2O5/c1-5-24-28(34)33(19-21-10-6-11-22(31)17-21)27-25(13-8-14-26(27)37-24)36-23-12-7-9-20(18-23)15-16-32-29(35)38-30(2,3)4/h6-14,17-18,24H,5,15-16,19H2,1-4H3,(H,32,35). The Balaban J connectivity index is 1.54. The number of nitrogens with one attached hydrogen (secondary N) is 1. The number of ether oxygens (including phenoxy) is 3. The molecule has 0 aliphatic carbocycles. The molecule has 1 aliphatic heterocycles. The summed E-state index contributed by atoms with van der Waals surface area (Å²) in [6.45, 7) is 8.16. The number of benzene rings is 3. The lowest BCUT2D eigenvalue weighted by molar-refractivity contribution is -0.126. The van der Waals surface area contributed by atoms with Crippen molar-refractivity contribution >= 4 is 29.3 Å². The van der Waals surface area contributed by atoms with Gasteiger partial charge in [0.15, 0.2) is 11.9 Å². The van der Waals surface area contributed by atoms with E-state index < -0.39 is 17.8 Å². The number of amides is 2. The number of anilines is 1. The Hall–Kier alpha value is -3.71.